The van der Waals surface area contributed by atoms with Gasteiger partial charge >= 0.3 is 0 Å². The summed E-state index contributed by atoms with van der Waals surface area (Å²) in [6.45, 7) is 4.30. The molecule has 0 atom stereocenters. The van der Waals surface area contributed by atoms with Gasteiger partial charge in [-0.3, -0.25) is 9.89 Å². The molecular formula is C20H22N4OS. The predicted molar refractivity (Wildman–Crippen MR) is 106 cm³/mol. The zero-order chi connectivity index (χ0) is 18.5. The quantitative estimate of drug-likeness (QED) is 0.653. The van der Waals surface area contributed by atoms with Crippen LogP contribution in [0.3, 0.4) is 0 Å². The summed E-state index contributed by atoms with van der Waals surface area (Å²) in [7, 11) is 1.82. The molecule has 0 spiro atoms. The maximum absolute atomic E-state index is 13.1. The minimum Gasteiger partial charge on any atom is -0.311 e. The van der Waals surface area contributed by atoms with E-state index in [-0.39, 0.29) is 5.91 Å². The lowest BCUT2D eigenvalue weighted by atomic mass is 10.0. The summed E-state index contributed by atoms with van der Waals surface area (Å²) in [4.78, 5) is 18.9. The van der Waals surface area contributed by atoms with Crippen LogP contribution in [0, 0.1) is 0 Å². The van der Waals surface area contributed by atoms with Crippen LogP contribution in [0.1, 0.15) is 41.3 Å². The predicted octanol–water partition coefficient (Wildman–Crippen LogP) is 4.50. The Labute approximate surface area is 157 Å². The van der Waals surface area contributed by atoms with E-state index in [4.69, 9.17) is 0 Å². The summed E-state index contributed by atoms with van der Waals surface area (Å²) < 4.78 is 0. The first-order valence-corrected chi connectivity index (χ1v) is 9.49. The lowest BCUT2D eigenvalue weighted by molar-refractivity contribution is 0.0992. The van der Waals surface area contributed by atoms with E-state index in [0.29, 0.717) is 17.2 Å². The average molecular weight is 366 g/mol. The Morgan fingerprint density at radius 2 is 2.00 bits per heavy atom. The van der Waals surface area contributed by atoms with E-state index >= 15 is 0 Å². The van der Waals surface area contributed by atoms with Crippen LogP contribution in [-0.2, 0) is 5.75 Å². The van der Waals surface area contributed by atoms with Gasteiger partial charge in [0, 0.05) is 24.1 Å². The monoisotopic (exact) mass is 366 g/mol. The normalized spacial score (nSPS) is 10.9. The Balaban J connectivity index is 1.82. The molecule has 0 unspecified atom stereocenters. The number of hydrogen-bond donors (Lipinski definition) is 1. The average Bonchev–Trinajstić information content (AvgIpc) is 3.19. The van der Waals surface area contributed by atoms with Gasteiger partial charge in [0.1, 0.15) is 6.33 Å². The Morgan fingerprint density at radius 1 is 1.19 bits per heavy atom. The first-order valence-electron chi connectivity index (χ1n) is 8.50. The highest BCUT2D eigenvalue weighted by molar-refractivity contribution is 7.98. The van der Waals surface area contributed by atoms with Gasteiger partial charge in [0.05, 0.1) is 0 Å². The highest BCUT2D eigenvalue weighted by Gasteiger charge is 2.17. The zero-order valence-electron chi connectivity index (χ0n) is 15.1. The SMILES string of the molecule is CC(C)c1cccc(N(C)C(=O)c2ccccc2CSc2ncn[nH]2)c1. The van der Waals surface area contributed by atoms with Gasteiger partial charge in [-0.25, -0.2) is 4.98 Å². The van der Waals surface area contributed by atoms with Crippen LogP contribution >= 0.6 is 11.8 Å². The van der Waals surface area contributed by atoms with Gasteiger partial charge in [-0.1, -0.05) is 55.9 Å². The summed E-state index contributed by atoms with van der Waals surface area (Å²) >= 11 is 1.53. The number of nitrogens with zero attached hydrogens (tertiary/aromatic N) is 3. The van der Waals surface area contributed by atoms with Gasteiger partial charge in [0.15, 0.2) is 5.16 Å². The van der Waals surface area contributed by atoms with Crippen LogP contribution in [0.25, 0.3) is 0 Å². The van der Waals surface area contributed by atoms with Crippen molar-refractivity contribution in [3.63, 3.8) is 0 Å². The Bertz CT molecular complexity index is 877. The summed E-state index contributed by atoms with van der Waals surface area (Å²) in [5, 5.41) is 7.42. The molecule has 1 aromatic heterocycles. The summed E-state index contributed by atoms with van der Waals surface area (Å²) in [6.07, 6.45) is 1.48. The number of H-pyrrole nitrogens is 1. The molecule has 134 valence electrons. The molecule has 6 heteroatoms. The molecule has 2 aromatic carbocycles. The molecule has 0 saturated heterocycles. The highest BCUT2D eigenvalue weighted by atomic mass is 32.2. The van der Waals surface area contributed by atoms with Crippen LogP contribution in [-0.4, -0.2) is 28.1 Å². The van der Waals surface area contributed by atoms with Crippen molar-refractivity contribution in [1.29, 1.82) is 0 Å². The largest absolute Gasteiger partial charge is 0.311 e. The number of carbonyl (C=O) groups excluding carboxylic acids is 1. The number of thioether (sulfide) groups is 1. The minimum atomic E-state index is -0.0142. The molecule has 0 aliphatic heterocycles. The van der Waals surface area contributed by atoms with Gasteiger partial charge in [-0.2, -0.15) is 5.10 Å². The lowest BCUT2D eigenvalue weighted by Gasteiger charge is -2.20. The number of hydrogen-bond acceptors (Lipinski definition) is 4. The van der Waals surface area contributed by atoms with Crippen LogP contribution in [0.2, 0.25) is 0 Å². The van der Waals surface area contributed by atoms with E-state index in [9.17, 15) is 4.79 Å². The van der Waals surface area contributed by atoms with Crippen molar-refractivity contribution in [3.8, 4) is 0 Å². The third-order valence-corrected chi connectivity index (χ3v) is 5.16. The fourth-order valence-electron chi connectivity index (χ4n) is 2.66. The second kappa shape index (κ2) is 8.19. The van der Waals surface area contributed by atoms with Crippen molar-refractivity contribution in [1.82, 2.24) is 15.2 Å². The first kappa shape index (κ1) is 18.2. The fourth-order valence-corrected chi connectivity index (χ4v) is 3.44. The summed E-state index contributed by atoms with van der Waals surface area (Å²) in [6, 6.07) is 15.8. The highest BCUT2D eigenvalue weighted by Crippen LogP contribution is 2.25. The molecule has 5 nitrogen and oxygen atoms in total. The molecular weight excluding hydrogens is 344 g/mol. The van der Waals surface area contributed by atoms with E-state index in [1.165, 1.54) is 23.7 Å². The summed E-state index contributed by atoms with van der Waals surface area (Å²) in [5.74, 6) is 1.06. The number of carbonyl (C=O) groups is 1. The van der Waals surface area contributed by atoms with Crippen molar-refractivity contribution in [3.05, 3.63) is 71.5 Å². The molecule has 0 radical (unpaired) electrons. The van der Waals surface area contributed by atoms with Gasteiger partial charge in [0.25, 0.3) is 5.91 Å². The third kappa shape index (κ3) is 4.14. The van der Waals surface area contributed by atoms with E-state index in [0.717, 1.165) is 16.4 Å². The molecule has 0 aliphatic carbocycles. The van der Waals surface area contributed by atoms with E-state index in [1.807, 2.05) is 43.4 Å². The molecule has 3 aromatic rings. The Morgan fingerprint density at radius 3 is 2.73 bits per heavy atom. The van der Waals surface area contributed by atoms with Crippen LogP contribution in [0.15, 0.2) is 60.0 Å². The maximum atomic E-state index is 13.1. The smallest absolute Gasteiger partial charge is 0.258 e. The van der Waals surface area contributed by atoms with Crippen molar-refractivity contribution >= 4 is 23.4 Å². The van der Waals surface area contributed by atoms with Gasteiger partial charge in [-0.15, -0.1) is 0 Å². The lowest BCUT2D eigenvalue weighted by Crippen LogP contribution is -2.27. The molecule has 3 rings (SSSR count). The summed E-state index contributed by atoms with van der Waals surface area (Å²) in [5.41, 5.74) is 3.80. The van der Waals surface area contributed by atoms with E-state index in [1.54, 1.807) is 4.90 Å². The number of aromatic amines is 1. The second-order valence-corrected chi connectivity index (χ2v) is 7.31. The molecule has 0 saturated carbocycles. The van der Waals surface area contributed by atoms with E-state index < -0.39 is 0 Å². The molecule has 0 bridgehead atoms. The number of anilines is 1. The number of amides is 1. The number of rotatable bonds is 6. The maximum Gasteiger partial charge on any atom is 0.258 e. The molecule has 1 heterocycles. The zero-order valence-corrected chi connectivity index (χ0v) is 16.0. The van der Waals surface area contributed by atoms with Gasteiger partial charge in [0.2, 0.25) is 0 Å². The molecule has 1 N–H and O–H groups in total. The standard InChI is InChI=1S/C20H22N4OS/c1-14(2)15-8-6-9-17(11-15)24(3)19(25)18-10-5-4-7-16(18)12-26-20-21-13-22-23-20/h4-11,13-14H,12H2,1-3H3,(H,21,22,23). The third-order valence-electron chi connectivity index (χ3n) is 4.23. The van der Waals surface area contributed by atoms with E-state index in [2.05, 4.69) is 41.2 Å². The minimum absolute atomic E-state index is 0.0142. The first-order chi connectivity index (χ1) is 12.6. The van der Waals surface area contributed by atoms with Gasteiger partial charge < -0.3 is 4.90 Å². The van der Waals surface area contributed by atoms with Crippen LogP contribution in [0.5, 0.6) is 0 Å². The van der Waals surface area contributed by atoms with Crippen molar-refractivity contribution in [2.75, 3.05) is 11.9 Å². The Kier molecular flexibility index (Phi) is 5.73. The number of nitrogens with one attached hydrogen (secondary N) is 1. The molecule has 0 aliphatic rings. The number of benzene rings is 2. The van der Waals surface area contributed by atoms with Crippen molar-refractivity contribution < 1.29 is 4.79 Å². The van der Waals surface area contributed by atoms with Crippen molar-refractivity contribution in [2.24, 2.45) is 0 Å². The van der Waals surface area contributed by atoms with Crippen LogP contribution < -0.4 is 4.90 Å². The van der Waals surface area contributed by atoms with Crippen molar-refractivity contribution in [2.45, 2.75) is 30.7 Å². The topological polar surface area (TPSA) is 61.9 Å². The molecule has 1 amide bonds. The Hall–Kier alpha value is -2.60. The van der Waals surface area contributed by atoms with Crippen LogP contribution in [0.4, 0.5) is 5.69 Å². The second-order valence-electron chi connectivity index (χ2n) is 6.35. The molecule has 0 fully saturated rings. The van der Waals surface area contributed by atoms with Gasteiger partial charge in [-0.05, 0) is 35.2 Å². The molecule has 26 heavy (non-hydrogen) atoms. The number of aromatic nitrogens is 3. The fraction of sp³-hybridized carbons (Fsp3) is 0.250.